The number of aromatic nitrogens is 3. The van der Waals surface area contributed by atoms with E-state index in [1.54, 1.807) is 31.0 Å². The minimum Gasteiger partial charge on any atom is -0.383 e. The fourth-order valence-electron chi connectivity index (χ4n) is 1.66. The van der Waals surface area contributed by atoms with Gasteiger partial charge in [-0.05, 0) is 13.0 Å². The van der Waals surface area contributed by atoms with Gasteiger partial charge in [-0.25, -0.2) is 4.98 Å². The standard InChI is InChI=1S/C12H15N5O3/c1-12(18,9-5-15-16(2)7-9)8-14-11-4-3-10(6-13-11)17(19)20/h3-7,18H,8H2,1-2H3,(H,13,14). The first kappa shape index (κ1) is 13.9. The summed E-state index contributed by atoms with van der Waals surface area (Å²) < 4.78 is 1.61. The Balaban J connectivity index is 2.02. The van der Waals surface area contributed by atoms with Gasteiger partial charge in [-0.2, -0.15) is 5.10 Å². The van der Waals surface area contributed by atoms with Crippen LogP contribution in [-0.2, 0) is 12.6 Å². The lowest BCUT2D eigenvalue weighted by molar-refractivity contribution is -0.385. The zero-order valence-corrected chi connectivity index (χ0v) is 11.1. The summed E-state index contributed by atoms with van der Waals surface area (Å²) >= 11 is 0. The number of pyridine rings is 1. The summed E-state index contributed by atoms with van der Waals surface area (Å²) in [7, 11) is 1.77. The highest BCUT2D eigenvalue weighted by molar-refractivity contribution is 5.40. The summed E-state index contributed by atoms with van der Waals surface area (Å²) in [5, 5.41) is 27.8. The Morgan fingerprint density at radius 1 is 1.50 bits per heavy atom. The maximum absolute atomic E-state index is 10.5. The Labute approximate surface area is 115 Å². The van der Waals surface area contributed by atoms with Crippen molar-refractivity contribution in [3.05, 3.63) is 46.4 Å². The Morgan fingerprint density at radius 2 is 2.25 bits per heavy atom. The number of nitrogens with one attached hydrogen (secondary N) is 1. The molecule has 20 heavy (non-hydrogen) atoms. The molecule has 0 saturated carbocycles. The van der Waals surface area contributed by atoms with Crippen LogP contribution in [0.1, 0.15) is 12.5 Å². The van der Waals surface area contributed by atoms with Crippen LogP contribution in [0.2, 0.25) is 0 Å². The normalized spacial score (nSPS) is 13.8. The quantitative estimate of drug-likeness (QED) is 0.625. The summed E-state index contributed by atoms with van der Waals surface area (Å²) in [5.41, 5.74) is -0.512. The fraction of sp³-hybridized carbons (Fsp3) is 0.333. The van der Waals surface area contributed by atoms with E-state index in [9.17, 15) is 15.2 Å². The van der Waals surface area contributed by atoms with Gasteiger partial charge in [0.05, 0.1) is 11.1 Å². The lowest BCUT2D eigenvalue weighted by Crippen LogP contribution is -2.30. The van der Waals surface area contributed by atoms with Gasteiger partial charge in [-0.3, -0.25) is 14.8 Å². The van der Waals surface area contributed by atoms with Crippen molar-refractivity contribution in [1.82, 2.24) is 14.8 Å². The second-order valence-corrected chi connectivity index (χ2v) is 4.69. The lowest BCUT2D eigenvalue weighted by Gasteiger charge is -2.22. The number of aliphatic hydroxyl groups is 1. The molecule has 0 saturated heterocycles. The largest absolute Gasteiger partial charge is 0.383 e. The van der Waals surface area contributed by atoms with E-state index < -0.39 is 10.5 Å². The highest BCUT2D eigenvalue weighted by Crippen LogP contribution is 2.20. The number of hydrogen-bond donors (Lipinski definition) is 2. The molecule has 0 amide bonds. The minimum absolute atomic E-state index is 0.0745. The molecule has 0 fully saturated rings. The van der Waals surface area contributed by atoms with Crippen LogP contribution in [0.15, 0.2) is 30.7 Å². The van der Waals surface area contributed by atoms with Crippen molar-refractivity contribution in [1.29, 1.82) is 0 Å². The molecule has 2 rings (SSSR count). The van der Waals surface area contributed by atoms with Crippen LogP contribution in [-0.4, -0.2) is 31.3 Å². The first-order valence-electron chi connectivity index (χ1n) is 5.94. The number of aryl methyl sites for hydroxylation is 1. The molecular formula is C12H15N5O3. The maximum Gasteiger partial charge on any atom is 0.287 e. The summed E-state index contributed by atoms with van der Waals surface area (Å²) in [5.74, 6) is 0.458. The van der Waals surface area contributed by atoms with E-state index in [4.69, 9.17) is 0 Å². The van der Waals surface area contributed by atoms with E-state index in [-0.39, 0.29) is 12.2 Å². The number of nitro groups is 1. The SMILES string of the molecule is Cn1cc(C(C)(O)CNc2ccc([N+](=O)[O-])cn2)cn1. The van der Waals surface area contributed by atoms with Crippen LogP contribution in [0.25, 0.3) is 0 Å². The van der Waals surface area contributed by atoms with Gasteiger partial charge in [0.25, 0.3) is 5.69 Å². The molecule has 2 aromatic rings. The topological polar surface area (TPSA) is 106 Å². The summed E-state index contributed by atoms with van der Waals surface area (Å²) in [6.45, 7) is 1.87. The van der Waals surface area contributed by atoms with E-state index in [1.165, 1.54) is 18.3 Å². The average Bonchev–Trinajstić information content (AvgIpc) is 2.84. The fourth-order valence-corrected chi connectivity index (χ4v) is 1.66. The van der Waals surface area contributed by atoms with Crippen LogP contribution >= 0.6 is 0 Å². The summed E-state index contributed by atoms with van der Waals surface area (Å²) in [4.78, 5) is 13.9. The first-order chi connectivity index (χ1) is 9.38. The van der Waals surface area contributed by atoms with Gasteiger partial charge in [-0.1, -0.05) is 0 Å². The third kappa shape index (κ3) is 3.09. The monoisotopic (exact) mass is 277 g/mol. The van der Waals surface area contributed by atoms with E-state index in [2.05, 4.69) is 15.4 Å². The molecule has 0 aromatic carbocycles. The van der Waals surface area contributed by atoms with E-state index >= 15 is 0 Å². The van der Waals surface area contributed by atoms with Gasteiger partial charge in [-0.15, -0.1) is 0 Å². The smallest absolute Gasteiger partial charge is 0.287 e. The molecule has 1 atom stereocenters. The predicted octanol–water partition coefficient (Wildman–Crippen LogP) is 1.04. The second kappa shape index (κ2) is 5.25. The summed E-state index contributed by atoms with van der Waals surface area (Å²) in [6, 6.07) is 2.85. The summed E-state index contributed by atoms with van der Waals surface area (Å²) in [6.07, 6.45) is 4.48. The Bertz CT molecular complexity index is 606. The van der Waals surface area contributed by atoms with Gasteiger partial charge in [0, 0.05) is 31.4 Å². The van der Waals surface area contributed by atoms with Crippen molar-refractivity contribution in [2.75, 3.05) is 11.9 Å². The molecule has 2 heterocycles. The van der Waals surface area contributed by atoms with E-state index in [0.717, 1.165) is 0 Å². The zero-order valence-electron chi connectivity index (χ0n) is 11.1. The number of rotatable bonds is 5. The van der Waals surface area contributed by atoms with Crippen molar-refractivity contribution in [2.45, 2.75) is 12.5 Å². The third-order valence-electron chi connectivity index (χ3n) is 2.90. The van der Waals surface area contributed by atoms with Crippen molar-refractivity contribution in [2.24, 2.45) is 7.05 Å². The lowest BCUT2D eigenvalue weighted by atomic mass is 10.00. The van der Waals surface area contributed by atoms with Crippen molar-refractivity contribution < 1.29 is 10.0 Å². The minimum atomic E-state index is -1.11. The van der Waals surface area contributed by atoms with Crippen LogP contribution in [0.4, 0.5) is 11.5 Å². The Kier molecular flexibility index (Phi) is 3.66. The van der Waals surface area contributed by atoms with Gasteiger partial charge in [0.2, 0.25) is 0 Å². The first-order valence-corrected chi connectivity index (χ1v) is 5.94. The maximum atomic E-state index is 10.5. The molecule has 2 aromatic heterocycles. The Hall–Kier alpha value is -2.48. The van der Waals surface area contributed by atoms with Crippen LogP contribution in [0, 0.1) is 10.1 Å². The van der Waals surface area contributed by atoms with Crippen molar-refractivity contribution in [3.63, 3.8) is 0 Å². The molecular weight excluding hydrogens is 262 g/mol. The van der Waals surface area contributed by atoms with Crippen molar-refractivity contribution >= 4 is 11.5 Å². The van der Waals surface area contributed by atoms with Crippen LogP contribution in [0.3, 0.4) is 0 Å². The molecule has 0 aliphatic carbocycles. The Morgan fingerprint density at radius 3 is 2.75 bits per heavy atom. The van der Waals surface area contributed by atoms with Crippen molar-refractivity contribution in [3.8, 4) is 0 Å². The molecule has 2 N–H and O–H groups in total. The molecule has 8 heteroatoms. The second-order valence-electron chi connectivity index (χ2n) is 4.69. The number of hydrogen-bond acceptors (Lipinski definition) is 6. The van der Waals surface area contributed by atoms with E-state index in [1.807, 2.05) is 0 Å². The molecule has 0 radical (unpaired) electrons. The molecule has 0 aliphatic rings. The van der Waals surface area contributed by atoms with Crippen LogP contribution < -0.4 is 5.32 Å². The molecule has 8 nitrogen and oxygen atoms in total. The highest BCUT2D eigenvalue weighted by Gasteiger charge is 2.24. The zero-order chi connectivity index (χ0) is 14.8. The van der Waals surface area contributed by atoms with Gasteiger partial charge < -0.3 is 10.4 Å². The van der Waals surface area contributed by atoms with Gasteiger partial charge in [0.15, 0.2) is 0 Å². The average molecular weight is 277 g/mol. The highest BCUT2D eigenvalue weighted by atomic mass is 16.6. The molecule has 106 valence electrons. The van der Waals surface area contributed by atoms with Gasteiger partial charge >= 0.3 is 0 Å². The third-order valence-corrected chi connectivity index (χ3v) is 2.90. The predicted molar refractivity (Wildman–Crippen MR) is 72.2 cm³/mol. The molecule has 0 spiro atoms. The molecule has 1 unspecified atom stereocenters. The van der Waals surface area contributed by atoms with Crippen LogP contribution in [0.5, 0.6) is 0 Å². The molecule has 0 aliphatic heterocycles. The number of nitrogens with zero attached hydrogens (tertiary/aromatic N) is 4. The number of anilines is 1. The van der Waals surface area contributed by atoms with Gasteiger partial charge in [0.1, 0.15) is 17.6 Å². The van der Waals surface area contributed by atoms with E-state index in [0.29, 0.717) is 11.4 Å². The molecule has 0 bridgehead atoms.